The van der Waals surface area contributed by atoms with Crippen molar-refractivity contribution in [1.29, 1.82) is 0 Å². The van der Waals surface area contributed by atoms with Crippen LogP contribution in [0.1, 0.15) is 27.7 Å². The molecule has 10 heavy (non-hydrogen) atoms. The third-order valence-electron chi connectivity index (χ3n) is 1.85. The van der Waals surface area contributed by atoms with Gasteiger partial charge in [-0.15, -0.1) is 0 Å². The first-order chi connectivity index (χ1) is 4.59. The Hall–Kier alpha value is -0.530. The molecule has 0 radical (unpaired) electrons. The largest absolute Gasteiger partial charge is 0.297 e. The van der Waals surface area contributed by atoms with Gasteiger partial charge in [0.05, 0.1) is 0 Å². The molecular weight excluding hydrogens is 124 g/mol. The molecule has 2 nitrogen and oxygen atoms in total. The maximum Gasteiger partial charge on any atom is 0.0461 e. The zero-order chi connectivity index (χ0) is 8.15. The molecule has 0 aliphatic rings. The summed E-state index contributed by atoms with van der Waals surface area (Å²) in [7, 11) is 2.00. The first kappa shape index (κ1) is 9.47. The summed E-state index contributed by atoms with van der Waals surface area (Å²) in [5.74, 6) is 0.661. The van der Waals surface area contributed by atoms with Gasteiger partial charge in [0.2, 0.25) is 0 Å². The van der Waals surface area contributed by atoms with Crippen LogP contribution < -0.4 is 0 Å². The van der Waals surface area contributed by atoms with Crippen molar-refractivity contribution in [3.05, 3.63) is 0 Å². The Bertz CT molecular complexity index is 108. The third kappa shape index (κ3) is 2.85. The maximum atomic E-state index is 4.15. The third-order valence-corrected chi connectivity index (χ3v) is 1.85. The zero-order valence-electron chi connectivity index (χ0n) is 7.63. The van der Waals surface area contributed by atoms with E-state index in [1.54, 1.807) is 0 Å². The first-order valence-electron chi connectivity index (χ1n) is 3.81. The van der Waals surface area contributed by atoms with E-state index in [4.69, 9.17) is 0 Å². The molecule has 0 aliphatic carbocycles. The van der Waals surface area contributed by atoms with Crippen molar-refractivity contribution in [2.24, 2.45) is 11.0 Å². The van der Waals surface area contributed by atoms with Crippen LogP contribution in [-0.4, -0.2) is 24.3 Å². The second kappa shape index (κ2) is 4.31. The van der Waals surface area contributed by atoms with E-state index in [9.17, 15) is 0 Å². The average Bonchev–Trinajstić information content (AvgIpc) is 1.87. The monoisotopic (exact) mass is 142 g/mol. The van der Waals surface area contributed by atoms with Crippen molar-refractivity contribution in [1.82, 2.24) is 5.01 Å². The Morgan fingerprint density at radius 3 is 2.10 bits per heavy atom. The Morgan fingerprint density at radius 1 is 1.30 bits per heavy atom. The molecule has 0 saturated carbocycles. The minimum Gasteiger partial charge on any atom is -0.297 e. The van der Waals surface area contributed by atoms with Crippen LogP contribution in [0, 0.1) is 5.92 Å². The van der Waals surface area contributed by atoms with Crippen LogP contribution in [0.15, 0.2) is 5.10 Å². The highest BCUT2D eigenvalue weighted by Gasteiger charge is 2.09. The predicted octanol–water partition coefficient (Wildman–Crippen LogP) is 1.97. The fraction of sp³-hybridized carbons (Fsp3) is 0.875. The van der Waals surface area contributed by atoms with E-state index in [0.29, 0.717) is 12.0 Å². The lowest BCUT2D eigenvalue weighted by Crippen LogP contribution is -2.28. The summed E-state index contributed by atoms with van der Waals surface area (Å²) in [4.78, 5) is 0. The number of hydrogen-bond donors (Lipinski definition) is 0. The van der Waals surface area contributed by atoms with E-state index in [-0.39, 0.29) is 0 Å². The van der Waals surface area contributed by atoms with E-state index in [0.717, 1.165) is 0 Å². The van der Waals surface area contributed by atoms with Crippen molar-refractivity contribution in [3.63, 3.8) is 0 Å². The van der Waals surface area contributed by atoms with Crippen molar-refractivity contribution in [3.8, 4) is 0 Å². The van der Waals surface area contributed by atoms with E-state index in [1.807, 2.05) is 25.2 Å². The van der Waals surface area contributed by atoms with Gasteiger partial charge in [-0.3, -0.25) is 5.01 Å². The first-order valence-corrected chi connectivity index (χ1v) is 3.81. The summed E-state index contributed by atoms with van der Waals surface area (Å²) < 4.78 is 0. The minimum absolute atomic E-state index is 0.524. The van der Waals surface area contributed by atoms with E-state index >= 15 is 0 Å². The highest BCUT2D eigenvalue weighted by molar-refractivity contribution is 5.52. The summed E-state index contributed by atoms with van der Waals surface area (Å²) in [6.45, 7) is 8.51. The van der Waals surface area contributed by atoms with Gasteiger partial charge < -0.3 is 0 Å². The van der Waals surface area contributed by atoms with Crippen LogP contribution in [-0.2, 0) is 0 Å². The molecule has 0 fully saturated rings. The second-order valence-corrected chi connectivity index (χ2v) is 2.93. The molecule has 0 saturated heterocycles. The molecule has 0 rings (SSSR count). The van der Waals surface area contributed by atoms with Gasteiger partial charge in [0.1, 0.15) is 0 Å². The summed E-state index contributed by atoms with van der Waals surface area (Å²) >= 11 is 0. The summed E-state index contributed by atoms with van der Waals surface area (Å²) in [6.07, 6.45) is 1.82. The van der Waals surface area contributed by atoms with Gasteiger partial charge in [-0.25, -0.2) is 0 Å². The van der Waals surface area contributed by atoms with Gasteiger partial charge in [-0.1, -0.05) is 13.8 Å². The fourth-order valence-corrected chi connectivity index (χ4v) is 0.719. The number of hydrogen-bond acceptors (Lipinski definition) is 2. The van der Waals surface area contributed by atoms with Crippen LogP contribution in [0.4, 0.5) is 0 Å². The van der Waals surface area contributed by atoms with Crippen molar-refractivity contribution in [2.75, 3.05) is 7.05 Å². The molecule has 60 valence electrons. The molecule has 0 aliphatic heterocycles. The topological polar surface area (TPSA) is 15.6 Å². The van der Waals surface area contributed by atoms with Gasteiger partial charge in [-0.05, 0) is 19.8 Å². The molecule has 0 aromatic carbocycles. The fourth-order valence-electron chi connectivity index (χ4n) is 0.719. The average molecular weight is 142 g/mol. The minimum atomic E-state index is 0.524. The van der Waals surface area contributed by atoms with E-state index in [1.165, 1.54) is 0 Å². The van der Waals surface area contributed by atoms with E-state index in [2.05, 4.69) is 25.9 Å². The number of hydrazone groups is 1. The molecule has 0 aromatic rings. The molecule has 1 atom stereocenters. The van der Waals surface area contributed by atoms with Crippen LogP contribution >= 0.6 is 0 Å². The normalized spacial score (nSPS) is 14.6. The Morgan fingerprint density at radius 2 is 1.80 bits per heavy atom. The lowest BCUT2D eigenvalue weighted by molar-refractivity contribution is 0.218. The van der Waals surface area contributed by atoms with Crippen molar-refractivity contribution < 1.29 is 0 Å². The second-order valence-electron chi connectivity index (χ2n) is 2.93. The molecule has 2 heteroatoms. The Balaban J connectivity index is 3.81. The number of rotatable bonds is 3. The predicted molar refractivity (Wildman–Crippen MR) is 46.2 cm³/mol. The molecule has 0 amide bonds. The quantitative estimate of drug-likeness (QED) is 0.434. The molecule has 0 spiro atoms. The molecule has 0 heterocycles. The summed E-state index contributed by atoms with van der Waals surface area (Å²) in [6, 6.07) is 0.524. The summed E-state index contributed by atoms with van der Waals surface area (Å²) in [5.41, 5.74) is 0. The molecule has 0 bridgehead atoms. The lowest BCUT2D eigenvalue weighted by atomic mass is 10.1. The Labute approximate surface area is 63.9 Å². The Kier molecular flexibility index (Phi) is 4.08. The van der Waals surface area contributed by atoms with E-state index < -0.39 is 0 Å². The van der Waals surface area contributed by atoms with Crippen LogP contribution in [0.3, 0.4) is 0 Å². The van der Waals surface area contributed by atoms with Gasteiger partial charge in [0.25, 0.3) is 0 Å². The lowest BCUT2D eigenvalue weighted by Gasteiger charge is -2.24. The molecule has 0 aromatic heterocycles. The van der Waals surface area contributed by atoms with Crippen molar-refractivity contribution >= 4 is 6.21 Å². The molecule has 0 N–H and O–H groups in total. The smallest absolute Gasteiger partial charge is 0.0461 e. The van der Waals surface area contributed by atoms with Crippen molar-refractivity contribution in [2.45, 2.75) is 33.7 Å². The SMILES string of the molecule is C/C=N\N(C)[C@@H](C)C(C)C. The van der Waals surface area contributed by atoms with Crippen LogP contribution in [0.25, 0.3) is 0 Å². The number of nitrogens with zero attached hydrogens (tertiary/aromatic N) is 2. The molecular formula is C8H18N2. The maximum absolute atomic E-state index is 4.15. The van der Waals surface area contributed by atoms with Crippen LogP contribution in [0.2, 0.25) is 0 Å². The van der Waals surface area contributed by atoms with Gasteiger partial charge in [0, 0.05) is 19.3 Å². The zero-order valence-corrected chi connectivity index (χ0v) is 7.63. The highest BCUT2D eigenvalue weighted by Crippen LogP contribution is 2.07. The highest BCUT2D eigenvalue weighted by atomic mass is 15.4. The van der Waals surface area contributed by atoms with Gasteiger partial charge in [0.15, 0.2) is 0 Å². The van der Waals surface area contributed by atoms with Gasteiger partial charge in [-0.2, -0.15) is 5.10 Å². The summed E-state index contributed by atoms with van der Waals surface area (Å²) in [5, 5.41) is 6.14. The standard InChI is InChI=1S/C8H18N2/c1-6-9-10(5)8(4)7(2)3/h6-8H,1-5H3/b9-6-/t8-/m0/s1. The van der Waals surface area contributed by atoms with Crippen LogP contribution in [0.5, 0.6) is 0 Å². The molecule has 0 unspecified atom stereocenters. The van der Waals surface area contributed by atoms with Gasteiger partial charge >= 0.3 is 0 Å².